The maximum absolute atomic E-state index is 12.1. The van der Waals surface area contributed by atoms with Gasteiger partial charge in [0.1, 0.15) is 4.90 Å². The van der Waals surface area contributed by atoms with Crippen molar-refractivity contribution < 1.29 is 18.3 Å². The fourth-order valence-corrected chi connectivity index (χ4v) is 2.73. The molecule has 6 nitrogen and oxygen atoms in total. The Morgan fingerprint density at radius 2 is 1.95 bits per heavy atom. The SMILES string of the molecule is Cn1ccc(S(=O)(=O)Nc2ccccc2C(=O)O)c1. The minimum absolute atomic E-state index is 0.0406. The van der Waals surface area contributed by atoms with Crippen LogP contribution in [0.2, 0.25) is 0 Å². The van der Waals surface area contributed by atoms with Gasteiger partial charge in [0.25, 0.3) is 10.0 Å². The van der Waals surface area contributed by atoms with Gasteiger partial charge in [-0.05, 0) is 18.2 Å². The van der Waals surface area contributed by atoms with Crippen molar-refractivity contribution in [3.63, 3.8) is 0 Å². The number of nitrogens with one attached hydrogen (secondary N) is 1. The van der Waals surface area contributed by atoms with Crippen molar-refractivity contribution in [2.24, 2.45) is 7.05 Å². The van der Waals surface area contributed by atoms with Gasteiger partial charge >= 0.3 is 5.97 Å². The number of benzene rings is 1. The fourth-order valence-electron chi connectivity index (χ4n) is 1.60. The van der Waals surface area contributed by atoms with Crippen molar-refractivity contribution in [3.8, 4) is 0 Å². The molecule has 0 spiro atoms. The Morgan fingerprint density at radius 3 is 2.53 bits per heavy atom. The molecule has 2 rings (SSSR count). The number of anilines is 1. The fraction of sp³-hybridized carbons (Fsp3) is 0.0833. The Morgan fingerprint density at radius 1 is 1.26 bits per heavy atom. The maximum Gasteiger partial charge on any atom is 0.337 e. The molecule has 0 fully saturated rings. The van der Waals surface area contributed by atoms with Crippen molar-refractivity contribution in [2.75, 3.05) is 4.72 Å². The zero-order chi connectivity index (χ0) is 14.0. The molecule has 0 saturated heterocycles. The summed E-state index contributed by atoms with van der Waals surface area (Å²) >= 11 is 0. The summed E-state index contributed by atoms with van der Waals surface area (Å²) in [6, 6.07) is 7.28. The second-order valence-electron chi connectivity index (χ2n) is 3.97. The van der Waals surface area contributed by atoms with Gasteiger partial charge in [-0.1, -0.05) is 12.1 Å². The third-order valence-corrected chi connectivity index (χ3v) is 3.87. The van der Waals surface area contributed by atoms with E-state index in [1.807, 2.05) is 0 Å². The zero-order valence-electron chi connectivity index (χ0n) is 10.1. The summed E-state index contributed by atoms with van der Waals surface area (Å²) in [7, 11) is -2.08. The molecule has 7 heteroatoms. The molecule has 19 heavy (non-hydrogen) atoms. The molecule has 0 amide bonds. The molecule has 1 heterocycles. The van der Waals surface area contributed by atoms with Crippen LogP contribution in [0.3, 0.4) is 0 Å². The molecule has 0 aliphatic heterocycles. The lowest BCUT2D eigenvalue weighted by Crippen LogP contribution is -2.15. The molecule has 0 atom stereocenters. The first-order valence-electron chi connectivity index (χ1n) is 5.37. The van der Waals surface area contributed by atoms with E-state index in [9.17, 15) is 13.2 Å². The van der Waals surface area contributed by atoms with Crippen molar-refractivity contribution >= 4 is 21.7 Å². The Kier molecular flexibility index (Phi) is 3.30. The third kappa shape index (κ3) is 2.76. The number of hydrogen-bond donors (Lipinski definition) is 2. The van der Waals surface area contributed by atoms with Crippen LogP contribution in [0.4, 0.5) is 5.69 Å². The largest absolute Gasteiger partial charge is 0.478 e. The molecule has 1 aromatic carbocycles. The first-order chi connectivity index (χ1) is 8.90. The van der Waals surface area contributed by atoms with E-state index in [1.54, 1.807) is 23.9 Å². The quantitative estimate of drug-likeness (QED) is 0.888. The average Bonchev–Trinajstić information content (AvgIpc) is 2.76. The summed E-state index contributed by atoms with van der Waals surface area (Å²) < 4.78 is 28.0. The van der Waals surface area contributed by atoms with Crippen LogP contribution in [0.15, 0.2) is 47.6 Å². The van der Waals surface area contributed by atoms with Crippen LogP contribution >= 0.6 is 0 Å². The van der Waals surface area contributed by atoms with Crippen LogP contribution in [-0.2, 0) is 17.1 Å². The minimum Gasteiger partial charge on any atom is -0.478 e. The number of nitrogens with zero attached hydrogens (tertiary/aromatic N) is 1. The molecule has 2 aromatic rings. The lowest BCUT2D eigenvalue weighted by atomic mass is 10.2. The average molecular weight is 280 g/mol. The normalized spacial score (nSPS) is 11.2. The zero-order valence-corrected chi connectivity index (χ0v) is 10.9. The molecule has 0 saturated carbocycles. The molecule has 0 aliphatic rings. The molecule has 0 radical (unpaired) electrons. The standard InChI is InChI=1S/C12H12N2O4S/c1-14-7-6-9(8-14)19(17,18)13-11-5-3-2-4-10(11)12(15)16/h2-8,13H,1H3,(H,15,16). The van der Waals surface area contributed by atoms with Gasteiger partial charge in [0, 0.05) is 19.4 Å². The van der Waals surface area contributed by atoms with E-state index in [-0.39, 0.29) is 16.1 Å². The van der Waals surface area contributed by atoms with E-state index >= 15 is 0 Å². The number of sulfonamides is 1. The summed E-state index contributed by atoms with van der Waals surface area (Å²) in [6.07, 6.45) is 3.03. The van der Waals surface area contributed by atoms with Crippen LogP contribution in [0.25, 0.3) is 0 Å². The summed E-state index contributed by atoms with van der Waals surface area (Å²) in [4.78, 5) is 11.1. The highest BCUT2D eigenvalue weighted by Gasteiger charge is 2.18. The predicted octanol–water partition coefficient (Wildman–Crippen LogP) is 1.52. The molecule has 0 unspecified atom stereocenters. The van der Waals surface area contributed by atoms with Crippen molar-refractivity contribution in [2.45, 2.75) is 4.90 Å². The number of carboxylic acid groups (broad SMARTS) is 1. The van der Waals surface area contributed by atoms with Gasteiger partial charge in [0.05, 0.1) is 11.3 Å². The molecule has 0 bridgehead atoms. The van der Waals surface area contributed by atoms with E-state index in [0.29, 0.717) is 0 Å². The molecule has 2 N–H and O–H groups in total. The minimum atomic E-state index is -3.78. The van der Waals surface area contributed by atoms with Crippen LogP contribution < -0.4 is 4.72 Å². The molecule has 100 valence electrons. The summed E-state index contributed by atoms with van der Waals surface area (Å²) in [6.45, 7) is 0. The Labute approximate surface area is 110 Å². The van der Waals surface area contributed by atoms with Gasteiger partial charge < -0.3 is 9.67 Å². The molecular formula is C12H12N2O4S. The number of aromatic carboxylic acids is 1. The van der Waals surface area contributed by atoms with Gasteiger partial charge in [-0.2, -0.15) is 0 Å². The van der Waals surface area contributed by atoms with Gasteiger partial charge in [0.2, 0.25) is 0 Å². The lowest BCUT2D eigenvalue weighted by Gasteiger charge is -2.09. The Balaban J connectivity index is 2.39. The second-order valence-corrected chi connectivity index (χ2v) is 5.65. The smallest absolute Gasteiger partial charge is 0.337 e. The van der Waals surface area contributed by atoms with Crippen LogP contribution in [0.5, 0.6) is 0 Å². The molecular weight excluding hydrogens is 268 g/mol. The van der Waals surface area contributed by atoms with E-state index < -0.39 is 16.0 Å². The lowest BCUT2D eigenvalue weighted by molar-refractivity contribution is 0.0698. The van der Waals surface area contributed by atoms with Gasteiger partial charge in [-0.3, -0.25) is 4.72 Å². The van der Waals surface area contributed by atoms with Crippen LogP contribution in [-0.4, -0.2) is 24.1 Å². The first kappa shape index (κ1) is 13.2. The number of para-hydroxylation sites is 1. The predicted molar refractivity (Wildman–Crippen MR) is 69.6 cm³/mol. The summed E-state index contributed by atoms with van der Waals surface area (Å²) in [5.74, 6) is -1.19. The molecule has 1 aromatic heterocycles. The van der Waals surface area contributed by atoms with Gasteiger partial charge in [-0.25, -0.2) is 13.2 Å². The third-order valence-electron chi connectivity index (χ3n) is 2.52. The van der Waals surface area contributed by atoms with Gasteiger partial charge in [-0.15, -0.1) is 0 Å². The summed E-state index contributed by atoms with van der Waals surface area (Å²) in [5, 5.41) is 9.00. The Bertz CT molecular complexity index is 719. The number of hydrogen-bond acceptors (Lipinski definition) is 3. The molecule has 0 aliphatic carbocycles. The highest BCUT2D eigenvalue weighted by atomic mass is 32.2. The highest BCUT2D eigenvalue weighted by Crippen LogP contribution is 2.20. The number of aryl methyl sites for hydroxylation is 1. The van der Waals surface area contributed by atoms with Gasteiger partial charge in [0.15, 0.2) is 0 Å². The van der Waals surface area contributed by atoms with Crippen LogP contribution in [0.1, 0.15) is 10.4 Å². The first-order valence-corrected chi connectivity index (χ1v) is 6.85. The van der Waals surface area contributed by atoms with E-state index in [1.165, 1.54) is 30.5 Å². The van der Waals surface area contributed by atoms with Crippen molar-refractivity contribution in [1.82, 2.24) is 4.57 Å². The van der Waals surface area contributed by atoms with E-state index in [2.05, 4.69) is 4.72 Å². The topological polar surface area (TPSA) is 88.4 Å². The Hall–Kier alpha value is -2.28. The summed E-state index contributed by atoms with van der Waals surface area (Å²) in [5.41, 5.74) is -0.0548. The monoisotopic (exact) mass is 280 g/mol. The number of rotatable bonds is 4. The number of carbonyl (C=O) groups is 1. The highest BCUT2D eigenvalue weighted by molar-refractivity contribution is 7.92. The van der Waals surface area contributed by atoms with E-state index in [4.69, 9.17) is 5.11 Å². The number of aromatic nitrogens is 1. The number of carboxylic acids is 1. The van der Waals surface area contributed by atoms with Crippen LogP contribution in [0, 0.1) is 0 Å². The van der Waals surface area contributed by atoms with E-state index in [0.717, 1.165) is 0 Å². The second kappa shape index (κ2) is 4.77. The maximum atomic E-state index is 12.1. The van der Waals surface area contributed by atoms with Crippen molar-refractivity contribution in [3.05, 3.63) is 48.3 Å². The van der Waals surface area contributed by atoms with Crippen molar-refractivity contribution in [1.29, 1.82) is 0 Å².